The summed E-state index contributed by atoms with van der Waals surface area (Å²) in [6, 6.07) is 14.2. The second-order valence-corrected chi connectivity index (χ2v) is 5.37. The van der Waals surface area contributed by atoms with Crippen LogP contribution in [0.2, 0.25) is 0 Å². The number of para-hydroxylation sites is 2. The smallest absolute Gasteiger partial charge is 0.104 e. The van der Waals surface area contributed by atoms with Gasteiger partial charge in [0.2, 0.25) is 0 Å². The van der Waals surface area contributed by atoms with Gasteiger partial charge in [0.1, 0.15) is 4.99 Å². The van der Waals surface area contributed by atoms with E-state index in [-0.39, 0.29) is 0 Å². The molecule has 0 radical (unpaired) electrons. The summed E-state index contributed by atoms with van der Waals surface area (Å²) in [6.07, 6.45) is 0. The number of nitrogens with one attached hydrogen (secondary N) is 1. The molecule has 4 heteroatoms. The van der Waals surface area contributed by atoms with E-state index in [1.165, 1.54) is 0 Å². The van der Waals surface area contributed by atoms with Crippen LogP contribution in [0, 0.1) is 6.92 Å². The molecule has 2 aromatic rings. The number of thiocarbonyl (C=S) groups is 1. The summed E-state index contributed by atoms with van der Waals surface area (Å²) >= 11 is 5.03. The van der Waals surface area contributed by atoms with Gasteiger partial charge in [0.15, 0.2) is 0 Å². The summed E-state index contributed by atoms with van der Waals surface area (Å²) in [5.41, 5.74) is 10.9. The lowest BCUT2D eigenvalue weighted by Crippen LogP contribution is -2.12. The highest BCUT2D eigenvalue weighted by Gasteiger charge is 2.06. The quantitative estimate of drug-likeness (QED) is 0.844. The topological polar surface area (TPSA) is 41.3 Å². The first-order valence-electron chi connectivity index (χ1n) is 6.43. The molecule has 3 nitrogen and oxygen atoms in total. The van der Waals surface area contributed by atoms with E-state index in [1.54, 1.807) is 0 Å². The Hall–Kier alpha value is -2.07. The number of anilines is 3. The molecule has 3 N–H and O–H groups in total. The summed E-state index contributed by atoms with van der Waals surface area (Å²) in [5.74, 6) is 0. The highest BCUT2D eigenvalue weighted by atomic mass is 32.1. The van der Waals surface area contributed by atoms with Crippen molar-refractivity contribution < 1.29 is 0 Å². The van der Waals surface area contributed by atoms with Crippen molar-refractivity contribution in [1.82, 2.24) is 0 Å². The van der Waals surface area contributed by atoms with Gasteiger partial charge in [0.25, 0.3) is 0 Å². The summed E-state index contributed by atoms with van der Waals surface area (Å²) in [4.78, 5) is 2.52. The van der Waals surface area contributed by atoms with Crippen molar-refractivity contribution in [1.29, 1.82) is 0 Å². The minimum Gasteiger partial charge on any atom is -0.389 e. The Kier molecular flexibility index (Phi) is 4.25. The fraction of sp³-hybridized carbons (Fsp3) is 0.188. The van der Waals surface area contributed by atoms with Crippen molar-refractivity contribution in [3.8, 4) is 0 Å². The molecule has 0 fully saturated rings. The summed E-state index contributed by atoms with van der Waals surface area (Å²) in [5, 5.41) is 3.44. The second-order valence-electron chi connectivity index (χ2n) is 4.93. The largest absolute Gasteiger partial charge is 0.389 e. The Morgan fingerprint density at radius 2 is 1.85 bits per heavy atom. The highest BCUT2D eigenvalue weighted by molar-refractivity contribution is 7.80. The van der Waals surface area contributed by atoms with Crippen LogP contribution in [0.5, 0.6) is 0 Å². The van der Waals surface area contributed by atoms with E-state index < -0.39 is 0 Å². The first kappa shape index (κ1) is 14.3. The molecule has 0 unspecified atom stereocenters. The van der Waals surface area contributed by atoms with Crippen LogP contribution >= 0.6 is 12.2 Å². The van der Waals surface area contributed by atoms with Crippen LogP contribution in [0.25, 0.3) is 0 Å². The van der Waals surface area contributed by atoms with E-state index in [1.807, 2.05) is 45.3 Å². The minimum absolute atomic E-state index is 0.433. The zero-order chi connectivity index (χ0) is 14.7. The highest BCUT2D eigenvalue weighted by Crippen LogP contribution is 2.28. The Bertz CT molecular complexity index is 635. The SMILES string of the molecule is Cc1cc(Nc2ccccc2N(C)C)ccc1C(N)=S. The third-order valence-electron chi connectivity index (χ3n) is 3.16. The molecule has 0 spiro atoms. The molecule has 20 heavy (non-hydrogen) atoms. The molecular formula is C16H19N3S. The van der Waals surface area contributed by atoms with Gasteiger partial charge in [-0.25, -0.2) is 0 Å². The van der Waals surface area contributed by atoms with Crippen molar-refractivity contribution in [3.63, 3.8) is 0 Å². The van der Waals surface area contributed by atoms with Crippen LogP contribution in [0.3, 0.4) is 0 Å². The molecule has 0 bridgehead atoms. The number of nitrogens with zero attached hydrogens (tertiary/aromatic N) is 1. The molecular weight excluding hydrogens is 266 g/mol. The molecule has 0 saturated carbocycles. The monoisotopic (exact) mass is 285 g/mol. The zero-order valence-corrected chi connectivity index (χ0v) is 12.8. The van der Waals surface area contributed by atoms with Crippen LogP contribution < -0.4 is 16.0 Å². The van der Waals surface area contributed by atoms with Crippen LogP contribution in [0.15, 0.2) is 42.5 Å². The van der Waals surface area contributed by atoms with E-state index in [2.05, 4.69) is 28.4 Å². The predicted molar refractivity (Wildman–Crippen MR) is 91.1 cm³/mol. The molecule has 0 saturated heterocycles. The maximum absolute atomic E-state index is 5.69. The van der Waals surface area contributed by atoms with E-state index in [9.17, 15) is 0 Å². The molecule has 0 atom stereocenters. The van der Waals surface area contributed by atoms with Gasteiger partial charge < -0.3 is 16.0 Å². The lowest BCUT2D eigenvalue weighted by molar-refractivity contribution is 1.13. The number of hydrogen-bond donors (Lipinski definition) is 2. The van der Waals surface area contributed by atoms with Gasteiger partial charge >= 0.3 is 0 Å². The van der Waals surface area contributed by atoms with Crippen molar-refractivity contribution >= 4 is 34.3 Å². The molecule has 0 aliphatic rings. The van der Waals surface area contributed by atoms with Gasteiger partial charge in [-0.3, -0.25) is 0 Å². The molecule has 0 aromatic heterocycles. The van der Waals surface area contributed by atoms with Gasteiger partial charge in [-0.05, 0) is 42.8 Å². The Balaban J connectivity index is 2.31. The molecule has 104 valence electrons. The molecule has 2 aromatic carbocycles. The van der Waals surface area contributed by atoms with Crippen molar-refractivity contribution in [2.45, 2.75) is 6.92 Å². The van der Waals surface area contributed by atoms with Gasteiger partial charge in [0, 0.05) is 25.3 Å². The summed E-state index contributed by atoms with van der Waals surface area (Å²) < 4.78 is 0. The van der Waals surface area contributed by atoms with Crippen molar-refractivity contribution in [2.24, 2.45) is 5.73 Å². The van der Waals surface area contributed by atoms with Gasteiger partial charge in [-0.15, -0.1) is 0 Å². The fourth-order valence-corrected chi connectivity index (χ4v) is 2.37. The Morgan fingerprint density at radius 3 is 2.45 bits per heavy atom. The van der Waals surface area contributed by atoms with Crippen LogP contribution in [-0.2, 0) is 0 Å². The fourth-order valence-electron chi connectivity index (χ4n) is 2.14. The second kappa shape index (κ2) is 5.92. The Labute approximate surface area is 125 Å². The van der Waals surface area contributed by atoms with E-state index >= 15 is 0 Å². The zero-order valence-electron chi connectivity index (χ0n) is 12.0. The lowest BCUT2D eigenvalue weighted by Gasteiger charge is -2.19. The van der Waals surface area contributed by atoms with E-state index in [0.29, 0.717) is 4.99 Å². The first-order valence-corrected chi connectivity index (χ1v) is 6.83. The average Bonchev–Trinajstić information content (AvgIpc) is 2.38. The Morgan fingerprint density at radius 1 is 1.15 bits per heavy atom. The number of nitrogens with two attached hydrogens (primary N) is 1. The van der Waals surface area contributed by atoms with Crippen molar-refractivity contribution in [3.05, 3.63) is 53.6 Å². The third kappa shape index (κ3) is 3.08. The lowest BCUT2D eigenvalue weighted by atomic mass is 10.1. The maximum Gasteiger partial charge on any atom is 0.104 e. The maximum atomic E-state index is 5.69. The number of aryl methyl sites for hydroxylation is 1. The number of hydrogen-bond acceptors (Lipinski definition) is 3. The average molecular weight is 285 g/mol. The molecule has 0 aliphatic heterocycles. The van der Waals surface area contributed by atoms with Crippen LogP contribution in [0.1, 0.15) is 11.1 Å². The summed E-state index contributed by atoms with van der Waals surface area (Å²) in [7, 11) is 4.06. The molecule has 0 heterocycles. The third-order valence-corrected chi connectivity index (χ3v) is 3.38. The van der Waals surface area contributed by atoms with E-state index in [4.69, 9.17) is 18.0 Å². The molecule has 0 aliphatic carbocycles. The van der Waals surface area contributed by atoms with Gasteiger partial charge in [-0.1, -0.05) is 24.4 Å². The number of benzene rings is 2. The first-order chi connectivity index (χ1) is 9.49. The van der Waals surface area contributed by atoms with E-state index in [0.717, 1.165) is 28.2 Å². The van der Waals surface area contributed by atoms with Crippen LogP contribution in [-0.4, -0.2) is 19.1 Å². The van der Waals surface area contributed by atoms with Gasteiger partial charge in [0.05, 0.1) is 11.4 Å². The predicted octanol–water partition coefficient (Wildman–Crippen LogP) is 3.44. The standard InChI is InChI=1S/C16H19N3S/c1-11-10-12(8-9-13(11)16(17)20)18-14-6-4-5-7-15(14)19(2)3/h4-10,18H,1-3H3,(H2,17,20). The normalized spacial score (nSPS) is 10.2. The molecule has 2 rings (SSSR count). The van der Waals surface area contributed by atoms with Crippen LogP contribution in [0.4, 0.5) is 17.1 Å². The van der Waals surface area contributed by atoms with Gasteiger partial charge in [-0.2, -0.15) is 0 Å². The molecule has 0 amide bonds. The number of rotatable bonds is 4. The van der Waals surface area contributed by atoms with Crippen molar-refractivity contribution in [2.75, 3.05) is 24.3 Å². The summed E-state index contributed by atoms with van der Waals surface area (Å²) in [6.45, 7) is 2.01. The minimum atomic E-state index is 0.433.